The molecular weight excluding hydrogens is 563 g/mol. The van der Waals surface area contributed by atoms with Crippen molar-refractivity contribution < 1.29 is 23.6 Å². The summed E-state index contributed by atoms with van der Waals surface area (Å²) < 4.78 is 14.8. The van der Waals surface area contributed by atoms with Gasteiger partial charge in [-0.15, -0.1) is 0 Å². The number of amides is 4. The van der Waals surface area contributed by atoms with Crippen molar-refractivity contribution in [3.63, 3.8) is 0 Å². The molecule has 44 heavy (non-hydrogen) atoms. The van der Waals surface area contributed by atoms with E-state index in [1.54, 1.807) is 30.3 Å². The zero-order valence-electron chi connectivity index (χ0n) is 25.7. The number of hydrogen-bond acceptors (Lipinski definition) is 6. The van der Waals surface area contributed by atoms with Crippen LogP contribution < -0.4 is 10.6 Å². The number of carbonyl (C=O) groups excluding carboxylic acids is 4. The van der Waals surface area contributed by atoms with Gasteiger partial charge in [-0.1, -0.05) is 19.9 Å². The second-order valence-corrected chi connectivity index (χ2v) is 12.1. The molecule has 11 heteroatoms. The summed E-state index contributed by atoms with van der Waals surface area (Å²) in [4.78, 5) is 66.2. The first-order chi connectivity index (χ1) is 21.0. The highest BCUT2D eigenvalue weighted by atomic mass is 19.1. The van der Waals surface area contributed by atoms with Crippen LogP contribution in [0.3, 0.4) is 0 Å². The summed E-state index contributed by atoms with van der Waals surface area (Å²) in [6.07, 6.45) is 2.14. The van der Waals surface area contributed by atoms with E-state index in [4.69, 9.17) is 0 Å². The minimum atomic E-state index is -0.763. The molecule has 2 aliphatic heterocycles. The number of carbonyl (C=O) groups is 4. The van der Waals surface area contributed by atoms with E-state index in [1.807, 2.05) is 27.7 Å². The van der Waals surface area contributed by atoms with Crippen LogP contribution in [0.15, 0.2) is 36.4 Å². The first-order valence-electron chi connectivity index (χ1n) is 15.2. The maximum atomic E-state index is 14.8. The Morgan fingerprint density at radius 1 is 1.00 bits per heavy atom. The van der Waals surface area contributed by atoms with Gasteiger partial charge >= 0.3 is 0 Å². The zero-order chi connectivity index (χ0) is 31.5. The van der Waals surface area contributed by atoms with Gasteiger partial charge in [0.1, 0.15) is 11.9 Å². The lowest BCUT2D eigenvalue weighted by Crippen LogP contribution is -2.54. The molecule has 3 heterocycles. The third-order valence-electron chi connectivity index (χ3n) is 8.54. The summed E-state index contributed by atoms with van der Waals surface area (Å²) in [5.41, 5.74) is 3.87. The van der Waals surface area contributed by atoms with Gasteiger partial charge in [0.2, 0.25) is 11.8 Å². The van der Waals surface area contributed by atoms with Crippen molar-refractivity contribution in [3.05, 3.63) is 70.3 Å². The lowest BCUT2D eigenvalue weighted by molar-refractivity contribution is -0.126. The SMILES string of the molecule is Cc1nc2ccc(C(=O)N3CC(=O)NCCCc4ccc(F)c(c4)C(=O)N4CCC[C@H]4C(=O)N[C@H](C(C)C)C3)cc2nc1C. The van der Waals surface area contributed by atoms with Gasteiger partial charge in [0, 0.05) is 31.2 Å². The molecule has 0 spiro atoms. The molecule has 0 unspecified atom stereocenters. The highest BCUT2D eigenvalue weighted by Gasteiger charge is 2.37. The van der Waals surface area contributed by atoms with Crippen LogP contribution >= 0.6 is 0 Å². The summed E-state index contributed by atoms with van der Waals surface area (Å²) in [6.45, 7) is 8.13. The van der Waals surface area contributed by atoms with Crippen molar-refractivity contribution in [2.75, 3.05) is 26.2 Å². The molecule has 0 radical (unpaired) electrons. The van der Waals surface area contributed by atoms with Gasteiger partial charge in [-0.25, -0.2) is 14.4 Å². The number of rotatable bonds is 2. The predicted octanol–water partition coefficient (Wildman–Crippen LogP) is 3.34. The Morgan fingerprint density at radius 3 is 2.50 bits per heavy atom. The van der Waals surface area contributed by atoms with Crippen LogP contribution in [0.1, 0.15) is 70.8 Å². The number of hydrogen-bond donors (Lipinski definition) is 2. The first kappa shape index (κ1) is 31.0. The van der Waals surface area contributed by atoms with E-state index in [1.165, 1.54) is 15.9 Å². The number of fused-ring (bicyclic) bond motifs is 4. The molecule has 0 aliphatic carbocycles. The van der Waals surface area contributed by atoms with Crippen LogP contribution in [0, 0.1) is 25.6 Å². The number of aromatic nitrogens is 2. The van der Waals surface area contributed by atoms with Crippen molar-refractivity contribution in [2.24, 2.45) is 5.92 Å². The van der Waals surface area contributed by atoms with E-state index < -0.39 is 23.8 Å². The van der Waals surface area contributed by atoms with E-state index in [0.29, 0.717) is 55.4 Å². The van der Waals surface area contributed by atoms with Crippen molar-refractivity contribution >= 4 is 34.7 Å². The second-order valence-electron chi connectivity index (χ2n) is 12.1. The molecule has 2 aromatic carbocycles. The van der Waals surface area contributed by atoms with Crippen LogP contribution in [0.2, 0.25) is 0 Å². The van der Waals surface area contributed by atoms with Gasteiger partial charge in [-0.3, -0.25) is 19.2 Å². The largest absolute Gasteiger partial charge is 0.355 e. The van der Waals surface area contributed by atoms with Crippen molar-refractivity contribution in [1.82, 2.24) is 30.4 Å². The monoisotopic (exact) mass is 602 g/mol. The number of halogens is 1. The molecule has 5 rings (SSSR count). The lowest BCUT2D eigenvalue weighted by atomic mass is 10.0. The Bertz CT molecular complexity index is 1610. The molecule has 1 saturated heterocycles. The number of nitrogens with one attached hydrogen (secondary N) is 2. The Kier molecular flexibility index (Phi) is 9.22. The fourth-order valence-electron chi connectivity index (χ4n) is 5.78. The molecule has 2 N–H and O–H groups in total. The second kappa shape index (κ2) is 13.1. The van der Waals surface area contributed by atoms with Gasteiger partial charge < -0.3 is 20.4 Å². The molecular formula is C33H39FN6O4. The summed E-state index contributed by atoms with van der Waals surface area (Å²) in [5.74, 6) is -2.31. The normalized spacial score (nSPS) is 20.4. The molecule has 232 valence electrons. The number of benzene rings is 2. The highest BCUT2D eigenvalue weighted by molar-refractivity contribution is 6.00. The fourth-order valence-corrected chi connectivity index (χ4v) is 5.78. The highest BCUT2D eigenvalue weighted by Crippen LogP contribution is 2.24. The predicted molar refractivity (Wildman–Crippen MR) is 163 cm³/mol. The first-order valence-corrected chi connectivity index (χ1v) is 15.2. The van der Waals surface area contributed by atoms with Gasteiger partial charge in [-0.05, 0) is 81.3 Å². The Morgan fingerprint density at radius 2 is 1.75 bits per heavy atom. The minimum absolute atomic E-state index is 0.0573. The van der Waals surface area contributed by atoms with Crippen LogP contribution in [0.25, 0.3) is 11.0 Å². The maximum Gasteiger partial charge on any atom is 0.257 e. The third-order valence-corrected chi connectivity index (χ3v) is 8.54. The lowest BCUT2D eigenvalue weighted by Gasteiger charge is -2.32. The van der Waals surface area contributed by atoms with Crippen molar-refractivity contribution in [2.45, 2.75) is 65.5 Å². The smallest absolute Gasteiger partial charge is 0.257 e. The molecule has 4 amide bonds. The molecule has 2 atom stereocenters. The van der Waals surface area contributed by atoms with Crippen LogP contribution in [0.5, 0.6) is 0 Å². The van der Waals surface area contributed by atoms with Crippen LogP contribution in [0.4, 0.5) is 4.39 Å². The van der Waals surface area contributed by atoms with E-state index in [0.717, 1.165) is 17.0 Å². The summed E-state index contributed by atoms with van der Waals surface area (Å²) in [6, 6.07) is 8.26. The zero-order valence-corrected chi connectivity index (χ0v) is 25.7. The van der Waals surface area contributed by atoms with Crippen LogP contribution in [-0.2, 0) is 16.0 Å². The maximum absolute atomic E-state index is 14.8. The molecule has 1 fully saturated rings. The third kappa shape index (κ3) is 6.71. The van der Waals surface area contributed by atoms with Crippen molar-refractivity contribution in [1.29, 1.82) is 0 Å². The number of nitrogens with zero attached hydrogens (tertiary/aromatic N) is 4. The van der Waals surface area contributed by atoms with E-state index >= 15 is 0 Å². The van der Waals surface area contributed by atoms with Crippen LogP contribution in [-0.4, -0.2) is 81.7 Å². The topological polar surface area (TPSA) is 125 Å². The van der Waals surface area contributed by atoms with Gasteiger partial charge in [0.25, 0.3) is 11.8 Å². The Labute approximate surface area is 256 Å². The summed E-state index contributed by atoms with van der Waals surface area (Å²) >= 11 is 0. The van der Waals surface area contributed by atoms with E-state index in [2.05, 4.69) is 20.6 Å². The van der Waals surface area contributed by atoms with E-state index in [-0.39, 0.29) is 42.3 Å². The van der Waals surface area contributed by atoms with Gasteiger partial charge in [-0.2, -0.15) is 0 Å². The fraction of sp³-hybridized carbons (Fsp3) is 0.455. The molecule has 3 aromatic rings. The van der Waals surface area contributed by atoms with Gasteiger partial charge in [0.15, 0.2) is 0 Å². The average molecular weight is 603 g/mol. The number of aryl methyl sites for hydroxylation is 3. The quantitative estimate of drug-likeness (QED) is 0.464. The summed E-state index contributed by atoms with van der Waals surface area (Å²) in [5, 5.41) is 5.92. The Balaban J connectivity index is 1.46. The molecule has 1 aromatic heterocycles. The standard InChI is InChI=1S/C33H39FN6O4/c1-19(2)28-17-39(32(43)23-10-12-26-27(16-23)37-21(4)20(3)36-26)18-30(41)35-13-5-7-22-9-11-25(34)24(15-22)33(44)40-14-6-8-29(40)31(42)38-28/h9-12,15-16,19,28-29H,5-8,13-14,17-18H2,1-4H3,(H,35,41)(H,38,42)/t28-,29-/m0/s1. The Hall–Kier alpha value is -4.41. The molecule has 10 nitrogen and oxygen atoms in total. The minimum Gasteiger partial charge on any atom is -0.355 e. The molecule has 2 aliphatic rings. The van der Waals surface area contributed by atoms with Crippen molar-refractivity contribution in [3.8, 4) is 0 Å². The molecule has 2 bridgehead atoms. The summed E-state index contributed by atoms with van der Waals surface area (Å²) in [7, 11) is 0. The van der Waals surface area contributed by atoms with Gasteiger partial charge in [0.05, 0.1) is 34.5 Å². The van der Waals surface area contributed by atoms with E-state index in [9.17, 15) is 23.6 Å². The average Bonchev–Trinajstić information content (AvgIpc) is 3.49. The molecule has 0 saturated carbocycles.